The van der Waals surface area contributed by atoms with Crippen LogP contribution >= 0.6 is 11.6 Å². The van der Waals surface area contributed by atoms with Gasteiger partial charge in [0.25, 0.3) is 5.56 Å². The van der Waals surface area contributed by atoms with Crippen LogP contribution in [0, 0.1) is 0 Å². The van der Waals surface area contributed by atoms with Crippen LogP contribution in [-0.4, -0.2) is 27.8 Å². The third-order valence-corrected chi connectivity index (χ3v) is 5.10. The van der Waals surface area contributed by atoms with Crippen LogP contribution in [-0.2, 0) is 11.3 Å². The highest BCUT2D eigenvalue weighted by molar-refractivity contribution is 6.32. The molecule has 7 nitrogen and oxygen atoms in total. The lowest BCUT2D eigenvalue weighted by Crippen LogP contribution is -2.22. The molecule has 29 heavy (non-hydrogen) atoms. The van der Waals surface area contributed by atoms with Gasteiger partial charge in [-0.05, 0) is 37.1 Å². The van der Waals surface area contributed by atoms with E-state index in [1.54, 1.807) is 24.3 Å². The van der Waals surface area contributed by atoms with Crippen molar-refractivity contribution in [1.29, 1.82) is 0 Å². The van der Waals surface area contributed by atoms with E-state index in [-0.39, 0.29) is 11.0 Å². The van der Waals surface area contributed by atoms with Crippen molar-refractivity contribution >= 4 is 23.3 Å². The number of methoxy groups -OCH3 is 1. The molecule has 1 aliphatic carbocycles. The van der Waals surface area contributed by atoms with E-state index in [1.165, 1.54) is 18.0 Å². The number of rotatable bonds is 6. The molecular weight excluding hydrogens is 392 g/mol. The number of hydrogen-bond acceptors (Lipinski definition) is 6. The molecule has 0 atom stereocenters. The van der Waals surface area contributed by atoms with Gasteiger partial charge < -0.3 is 10.1 Å². The Morgan fingerprint density at radius 2 is 2.00 bits per heavy atom. The lowest BCUT2D eigenvalue weighted by molar-refractivity contribution is 0.0598. The Balaban J connectivity index is 1.55. The molecule has 0 bridgehead atoms. The molecule has 4 rings (SSSR count). The molecule has 1 aliphatic rings. The minimum absolute atomic E-state index is 0.0532. The van der Waals surface area contributed by atoms with Crippen molar-refractivity contribution in [2.75, 3.05) is 12.4 Å². The molecule has 2 heterocycles. The van der Waals surface area contributed by atoms with E-state index >= 15 is 0 Å². The lowest BCUT2D eigenvalue weighted by Gasteiger charge is -2.12. The quantitative estimate of drug-likeness (QED) is 0.625. The van der Waals surface area contributed by atoms with Crippen LogP contribution in [0.3, 0.4) is 0 Å². The van der Waals surface area contributed by atoms with Gasteiger partial charge in [-0.1, -0.05) is 29.8 Å². The number of halogens is 1. The summed E-state index contributed by atoms with van der Waals surface area (Å²) in [7, 11) is 1.36. The second-order valence-electron chi connectivity index (χ2n) is 6.78. The third kappa shape index (κ3) is 4.00. The van der Waals surface area contributed by atoms with Crippen molar-refractivity contribution in [1.82, 2.24) is 14.8 Å². The number of ether oxygens (including phenoxy) is 1. The summed E-state index contributed by atoms with van der Waals surface area (Å²) in [4.78, 5) is 29.1. The van der Waals surface area contributed by atoms with Crippen molar-refractivity contribution in [3.8, 4) is 5.69 Å². The van der Waals surface area contributed by atoms with E-state index in [9.17, 15) is 9.59 Å². The fraction of sp³-hybridized carbons (Fsp3) is 0.238. The molecule has 2 aromatic heterocycles. The first-order valence-electron chi connectivity index (χ1n) is 9.23. The molecule has 3 aromatic rings. The Hall–Kier alpha value is -3.19. The maximum Gasteiger partial charge on any atom is 0.339 e. The van der Waals surface area contributed by atoms with Gasteiger partial charge in [-0.3, -0.25) is 9.78 Å². The molecule has 0 saturated heterocycles. The van der Waals surface area contributed by atoms with Gasteiger partial charge in [0.1, 0.15) is 5.02 Å². The molecule has 0 amide bonds. The monoisotopic (exact) mass is 410 g/mol. The molecule has 148 valence electrons. The first-order valence-corrected chi connectivity index (χ1v) is 9.61. The van der Waals surface area contributed by atoms with Crippen LogP contribution in [0.4, 0.5) is 5.69 Å². The Labute approximate surface area is 172 Å². The molecule has 0 unspecified atom stereocenters. The number of nitrogens with one attached hydrogen (secondary N) is 1. The number of anilines is 1. The summed E-state index contributed by atoms with van der Waals surface area (Å²) in [5.74, 6) is -0.0835. The molecule has 1 aromatic carbocycles. The van der Waals surface area contributed by atoms with Gasteiger partial charge in [-0.25, -0.2) is 4.79 Å². The summed E-state index contributed by atoms with van der Waals surface area (Å²) in [6.07, 6.45) is 3.55. The number of carbonyl (C=O) groups excluding carboxylic acids is 1. The van der Waals surface area contributed by atoms with Crippen LogP contribution in [0.5, 0.6) is 0 Å². The van der Waals surface area contributed by atoms with E-state index in [4.69, 9.17) is 16.3 Å². The lowest BCUT2D eigenvalue weighted by atomic mass is 10.1. The van der Waals surface area contributed by atoms with E-state index < -0.39 is 5.56 Å². The fourth-order valence-electron chi connectivity index (χ4n) is 3.06. The number of nitrogens with zero attached hydrogens (tertiary/aromatic N) is 3. The number of hydrogen-bond donors (Lipinski definition) is 1. The zero-order chi connectivity index (χ0) is 20.4. The van der Waals surface area contributed by atoms with Gasteiger partial charge in [0.15, 0.2) is 0 Å². The molecule has 1 fully saturated rings. The predicted molar refractivity (Wildman–Crippen MR) is 110 cm³/mol. The maximum atomic E-state index is 12.6. The van der Waals surface area contributed by atoms with Crippen molar-refractivity contribution in [3.05, 3.63) is 81.0 Å². The number of aromatic nitrogens is 3. The van der Waals surface area contributed by atoms with E-state index in [2.05, 4.69) is 15.4 Å². The topological polar surface area (TPSA) is 86.1 Å². The van der Waals surface area contributed by atoms with Gasteiger partial charge in [-0.15, -0.1) is 0 Å². The standard InChI is InChI=1S/C21H19ClN4O3/c1-29-21(28)16-10-9-14(25-19(16)13-7-8-13)11-23-17-12-24-26(20(27)18(17)22)15-5-3-2-4-6-15/h2-6,9-10,12-13,23H,7-8,11H2,1H3. The summed E-state index contributed by atoms with van der Waals surface area (Å²) in [6, 6.07) is 12.6. The van der Waals surface area contributed by atoms with Gasteiger partial charge in [-0.2, -0.15) is 9.78 Å². The average molecular weight is 411 g/mol. The SMILES string of the molecule is COC(=O)c1ccc(CNc2cnn(-c3ccccc3)c(=O)c2Cl)nc1C1CC1. The van der Waals surface area contributed by atoms with Crippen LogP contribution < -0.4 is 10.9 Å². The number of pyridine rings is 1. The molecule has 0 spiro atoms. The summed E-state index contributed by atoms with van der Waals surface area (Å²) in [6.45, 7) is 0.345. The molecule has 1 N–H and O–H groups in total. The molecule has 1 saturated carbocycles. The Bertz CT molecular complexity index is 1110. The van der Waals surface area contributed by atoms with Gasteiger partial charge >= 0.3 is 5.97 Å². The second-order valence-corrected chi connectivity index (χ2v) is 7.16. The highest BCUT2D eigenvalue weighted by atomic mass is 35.5. The van der Waals surface area contributed by atoms with Crippen LogP contribution in [0.25, 0.3) is 5.69 Å². The number of benzene rings is 1. The molecule has 0 aliphatic heterocycles. The van der Waals surface area contributed by atoms with Gasteiger partial charge in [0.05, 0.1) is 48.2 Å². The average Bonchev–Trinajstić information content (AvgIpc) is 3.60. The van der Waals surface area contributed by atoms with Crippen LogP contribution in [0.15, 0.2) is 53.5 Å². The van der Waals surface area contributed by atoms with E-state index in [0.29, 0.717) is 29.4 Å². The largest absolute Gasteiger partial charge is 0.465 e. The molecular formula is C21H19ClN4O3. The zero-order valence-electron chi connectivity index (χ0n) is 15.8. The van der Waals surface area contributed by atoms with Crippen LogP contribution in [0.1, 0.15) is 40.5 Å². The maximum absolute atomic E-state index is 12.6. The number of esters is 1. The predicted octanol–water partition coefficient (Wildman–Crippen LogP) is 3.56. The van der Waals surface area contributed by atoms with Gasteiger partial charge in [0.2, 0.25) is 0 Å². The first-order chi connectivity index (χ1) is 14.1. The molecule has 8 heteroatoms. The summed E-state index contributed by atoms with van der Waals surface area (Å²) in [5, 5.41) is 7.37. The minimum atomic E-state index is -0.407. The highest BCUT2D eigenvalue weighted by Gasteiger charge is 2.30. The van der Waals surface area contributed by atoms with Crippen molar-refractivity contribution in [2.45, 2.75) is 25.3 Å². The van der Waals surface area contributed by atoms with Gasteiger partial charge in [0, 0.05) is 5.92 Å². The second kappa shape index (κ2) is 8.05. The third-order valence-electron chi connectivity index (χ3n) is 4.73. The normalized spacial score (nSPS) is 13.2. The van der Waals surface area contributed by atoms with Crippen molar-refractivity contribution in [3.63, 3.8) is 0 Å². The van der Waals surface area contributed by atoms with Crippen molar-refractivity contribution in [2.24, 2.45) is 0 Å². The Kier molecular flexibility index (Phi) is 5.31. The van der Waals surface area contributed by atoms with E-state index in [1.807, 2.05) is 18.2 Å². The Morgan fingerprint density at radius 3 is 2.69 bits per heavy atom. The molecule has 0 radical (unpaired) electrons. The first kappa shape index (κ1) is 19.1. The summed E-state index contributed by atoms with van der Waals surface area (Å²) in [5.41, 5.74) is 2.66. The van der Waals surface area contributed by atoms with E-state index in [0.717, 1.165) is 24.2 Å². The Morgan fingerprint density at radius 1 is 1.24 bits per heavy atom. The minimum Gasteiger partial charge on any atom is -0.465 e. The zero-order valence-corrected chi connectivity index (χ0v) is 16.5. The fourth-order valence-corrected chi connectivity index (χ4v) is 3.26. The summed E-state index contributed by atoms with van der Waals surface area (Å²) >= 11 is 6.27. The number of para-hydroxylation sites is 1. The summed E-state index contributed by atoms with van der Waals surface area (Å²) < 4.78 is 6.10. The smallest absolute Gasteiger partial charge is 0.339 e. The van der Waals surface area contributed by atoms with Crippen LogP contribution in [0.2, 0.25) is 5.02 Å². The van der Waals surface area contributed by atoms with Crippen molar-refractivity contribution < 1.29 is 9.53 Å². The highest BCUT2D eigenvalue weighted by Crippen LogP contribution is 2.40. The number of carbonyl (C=O) groups is 1.